The molecule has 6 heteroatoms. The smallest absolute Gasteiger partial charge is 0.307 e. The van der Waals surface area contributed by atoms with Gasteiger partial charge in [0.25, 0.3) is 0 Å². The van der Waals surface area contributed by atoms with Crippen molar-refractivity contribution in [1.82, 2.24) is 4.98 Å². The van der Waals surface area contributed by atoms with Gasteiger partial charge in [0, 0.05) is 6.07 Å². The topological polar surface area (TPSA) is 88.5 Å². The first-order valence-electron chi connectivity index (χ1n) is 6.50. The fraction of sp³-hybridized carbons (Fsp3) is 0.500. The number of rotatable bonds is 5. The summed E-state index contributed by atoms with van der Waals surface area (Å²) >= 11 is 0. The minimum Gasteiger partial charge on any atom is -0.481 e. The van der Waals surface area contributed by atoms with Crippen molar-refractivity contribution in [2.45, 2.75) is 20.8 Å². The van der Waals surface area contributed by atoms with E-state index in [0.717, 1.165) is 0 Å². The molecule has 0 aromatic carbocycles. The predicted molar refractivity (Wildman–Crippen MR) is 72.4 cm³/mol. The van der Waals surface area contributed by atoms with Crippen LogP contribution in [-0.2, 0) is 9.59 Å². The molecule has 2 rings (SSSR count). The van der Waals surface area contributed by atoms with Crippen LogP contribution in [-0.4, -0.2) is 28.6 Å². The molecule has 0 radical (unpaired) electrons. The number of pyridine rings is 1. The number of carboxylic acid groups (broad SMARTS) is 1. The molecule has 1 aliphatic rings. The number of aromatic nitrogens is 1. The van der Waals surface area contributed by atoms with Crippen LogP contribution in [0.3, 0.4) is 0 Å². The number of anilines is 1. The number of hydrogen-bond donors (Lipinski definition) is 2. The molecule has 0 saturated heterocycles. The van der Waals surface area contributed by atoms with E-state index in [1.807, 2.05) is 6.92 Å². The monoisotopic (exact) mass is 278 g/mol. The number of aliphatic carboxylic acids is 1. The summed E-state index contributed by atoms with van der Waals surface area (Å²) in [7, 11) is 0. The molecule has 0 bridgehead atoms. The molecule has 1 aromatic rings. The summed E-state index contributed by atoms with van der Waals surface area (Å²) < 4.78 is 5.21. The van der Waals surface area contributed by atoms with Crippen LogP contribution < -0.4 is 10.1 Å². The molecular weight excluding hydrogens is 260 g/mol. The molecule has 2 N–H and O–H groups in total. The van der Waals surface area contributed by atoms with Gasteiger partial charge in [-0.15, -0.1) is 0 Å². The van der Waals surface area contributed by atoms with E-state index in [1.54, 1.807) is 26.0 Å². The second-order valence-corrected chi connectivity index (χ2v) is 5.42. The first-order chi connectivity index (χ1) is 9.37. The summed E-state index contributed by atoms with van der Waals surface area (Å²) in [6.07, 6.45) is 1.49. The van der Waals surface area contributed by atoms with Crippen molar-refractivity contribution in [2.75, 3.05) is 11.9 Å². The first-order valence-corrected chi connectivity index (χ1v) is 6.50. The number of hydrogen-bond acceptors (Lipinski definition) is 4. The maximum Gasteiger partial charge on any atom is 0.307 e. The van der Waals surface area contributed by atoms with Gasteiger partial charge in [0.15, 0.2) is 0 Å². The molecule has 0 unspecified atom stereocenters. The lowest BCUT2D eigenvalue weighted by Gasteiger charge is -2.07. The van der Waals surface area contributed by atoms with Crippen LogP contribution in [0.1, 0.15) is 20.8 Å². The van der Waals surface area contributed by atoms with E-state index in [1.165, 1.54) is 6.20 Å². The SMILES string of the molecule is CCOc1ccc(NC(=O)[C@H]2[C@@H](C(=O)O)C2(C)C)cn1. The molecule has 0 spiro atoms. The lowest BCUT2D eigenvalue weighted by molar-refractivity contribution is -0.140. The zero-order valence-electron chi connectivity index (χ0n) is 11.7. The third kappa shape index (κ3) is 2.59. The van der Waals surface area contributed by atoms with Gasteiger partial charge in [-0.25, -0.2) is 4.98 Å². The third-order valence-electron chi connectivity index (χ3n) is 3.67. The molecule has 6 nitrogen and oxygen atoms in total. The van der Waals surface area contributed by atoms with E-state index in [2.05, 4.69) is 10.3 Å². The van der Waals surface area contributed by atoms with E-state index in [-0.39, 0.29) is 5.91 Å². The highest BCUT2D eigenvalue weighted by Crippen LogP contribution is 2.58. The van der Waals surface area contributed by atoms with E-state index < -0.39 is 23.2 Å². The zero-order valence-corrected chi connectivity index (χ0v) is 11.7. The van der Waals surface area contributed by atoms with Gasteiger partial charge >= 0.3 is 5.97 Å². The van der Waals surface area contributed by atoms with Crippen LogP contribution in [0.4, 0.5) is 5.69 Å². The fourth-order valence-corrected chi connectivity index (χ4v) is 2.50. The van der Waals surface area contributed by atoms with Crippen LogP contribution in [0, 0.1) is 17.3 Å². The van der Waals surface area contributed by atoms with Crippen LogP contribution in [0.5, 0.6) is 5.88 Å². The maximum absolute atomic E-state index is 12.1. The molecule has 2 atom stereocenters. The van der Waals surface area contributed by atoms with E-state index in [4.69, 9.17) is 9.84 Å². The van der Waals surface area contributed by atoms with Crippen LogP contribution in [0.15, 0.2) is 18.3 Å². The number of nitrogens with one attached hydrogen (secondary N) is 1. The highest BCUT2D eigenvalue weighted by molar-refractivity contribution is 5.99. The minimum atomic E-state index is -0.931. The lowest BCUT2D eigenvalue weighted by Crippen LogP contribution is -2.17. The Hall–Kier alpha value is -2.11. The number of ether oxygens (including phenoxy) is 1. The molecule has 1 heterocycles. The molecule has 0 aliphatic heterocycles. The Labute approximate surface area is 117 Å². The summed E-state index contributed by atoms with van der Waals surface area (Å²) in [5, 5.41) is 11.8. The van der Waals surface area contributed by atoms with E-state index in [9.17, 15) is 9.59 Å². The Kier molecular flexibility index (Phi) is 3.65. The average Bonchev–Trinajstić information content (AvgIpc) is 2.95. The highest BCUT2D eigenvalue weighted by Gasteiger charge is 2.65. The third-order valence-corrected chi connectivity index (χ3v) is 3.67. The summed E-state index contributed by atoms with van der Waals surface area (Å²) in [5.74, 6) is -1.86. The second-order valence-electron chi connectivity index (χ2n) is 5.42. The van der Waals surface area contributed by atoms with Crippen LogP contribution in [0.25, 0.3) is 0 Å². The van der Waals surface area contributed by atoms with Gasteiger partial charge in [-0.3, -0.25) is 9.59 Å². The van der Waals surface area contributed by atoms with Crippen molar-refractivity contribution in [1.29, 1.82) is 0 Å². The van der Waals surface area contributed by atoms with Crippen molar-refractivity contribution in [3.63, 3.8) is 0 Å². The molecule has 108 valence electrons. The summed E-state index contributed by atoms with van der Waals surface area (Å²) in [4.78, 5) is 27.2. The standard InChI is InChI=1S/C14H18N2O4/c1-4-20-9-6-5-8(7-15-9)16-12(17)10-11(13(18)19)14(10,2)3/h5-7,10-11H,4H2,1-3H3,(H,16,17)(H,18,19)/t10-,11+/m1/s1. The Morgan fingerprint density at radius 1 is 1.40 bits per heavy atom. The van der Waals surface area contributed by atoms with Gasteiger partial charge in [-0.1, -0.05) is 13.8 Å². The number of carboxylic acids is 1. The summed E-state index contributed by atoms with van der Waals surface area (Å²) in [6.45, 7) is 5.95. The quantitative estimate of drug-likeness (QED) is 0.857. The van der Waals surface area contributed by atoms with Gasteiger partial charge in [0.05, 0.1) is 30.3 Å². The van der Waals surface area contributed by atoms with Gasteiger partial charge < -0.3 is 15.2 Å². The fourth-order valence-electron chi connectivity index (χ4n) is 2.50. The molecule has 1 aliphatic carbocycles. The Morgan fingerprint density at radius 2 is 2.10 bits per heavy atom. The minimum absolute atomic E-state index is 0.284. The number of carbonyl (C=O) groups excluding carboxylic acids is 1. The predicted octanol–water partition coefficient (Wildman–Crippen LogP) is 1.78. The molecule has 1 amide bonds. The molecular formula is C14H18N2O4. The lowest BCUT2D eigenvalue weighted by atomic mass is 10.1. The summed E-state index contributed by atoms with van der Waals surface area (Å²) in [6, 6.07) is 3.34. The maximum atomic E-state index is 12.1. The van der Waals surface area contributed by atoms with E-state index >= 15 is 0 Å². The molecule has 1 saturated carbocycles. The van der Waals surface area contributed by atoms with Crippen LogP contribution in [0.2, 0.25) is 0 Å². The number of amides is 1. The van der Waals surface area contributed by atoms with Crippen molar-refractivity contribution in [2.24, 2.45) is 17.3 Å². The van der Waals surface area contributed by atoms with Gasteiger partial charge in [0.1, 0.15) is 0 Å². The normalized spacial score (nSPS) is 22.9. The van der Waals surface area contributed by atoms with Gasteiger partial charge in [-0.05, 0) is 18.4 Å². The van der Waals surface area contributed by atoms with Crippen molar-refractivity contribution >= 4 is 17.6 Å². The summed E-state index contributed by atoms with van der Waals surface area (Å²) in [5.41, 5.74) is 0.0273. The Morgan fingerprint density at radius 3 is 2.55 bits per heavy atom. The van der Waals surface area contributed by atoms with Crippen LogP contribution >= 0.6 is 0 Å². The molecule has 1 fully saturated rings. The second kappa shape index (κ2) is 5.11. The van der Waals surface area contributed by atoms with Crippen molar-refractivity contribution in [3.05, 3.63) is 18.3 Å². The van der Waals surface area contributed by atoms with Gasteiger partial charge in [-0.2, -0.15) is 0 Å². The molecule has 1 aromatic heterocycles. The Balaban J connectivity index is 2.00. The first kappa shape index (κ1) is 14.3. The zero-order chi connectivity index (χ0) is 14.9. The van der Waals surface area contributed by atoms with Crippen molar-refractivity contribution in [3.8, 4) is 5.88 Å². The Bertz CT molecular complexity index is 524. The highest BCUT2D eigenvalue weighted by atomic mass is 16.5. The van der Waals surface area contributed by atoms with Crippen molar-refractivity contribution < 1.29 is 19.4 Å². The van der Waals surface area contributed by atoms with Gasteiger partial charge in [0.2, 0.25) is 11.8 Å². The largest absolute Gasteiger partial charge is 0.481 e. The number of nitrogens with zero attached hydrogens (tertiary/aromatic N) is 1. The number of carbonyl (C=O) groups is 2. The molecule has 20 heavy (non-hydrogen) atoms. The average molecular weight is 278 g/mol. The van der Waals surface area contributed by atoms with E-state index in [0.29, 0.717) is 18.2 Å².